The summed E-state index contributed by atoms with van der Waals surface area (Å²) in [5, 5.41) is 18.5. The number of hydrogen-bond acceptors (Lipinski definition) is 3. The van der Waals surface area contributed by atoms with Crippen LogP contribution in [0.2, 0.25) is 0 Å². The van der Waals surface area contributed by atoms with E-state index in [1.165, 1.54) is 6.07 Å². The number of nitrogens with zero attached hydrogens (tertiary/aromatic N) is 1. The normalized spacial score (nSPS) is 10.7. The van der Waals surface area contributed by atoms with E-state index in [0.29, 0.717) is 10.9 Å². The maximum Gasteiger partial charge on any atom is 0.352 e. The summed E-state index contributed by atoms with van der Waals surface area (Å²) in [6.07, 6.45) is -0.572. The maximum atomic E-state index is 12.1. The molecule has 0 amide bonds. The summed E-state index contributed by atoms with van der Waals surface area (Å²) in [6, 6.07) is 6.68. The van der Waals surface area contributed by atoms with Crippen LogP contribution in [0.15, 0.2) is 24.3 Å². The molecule has 1 aromatic carbocycles. The zero-order valence-corrected chi connectivity index (χ0v) is 10.8. The molecule has 0 aliphatic heterocycles. The molecule has 0 saturated heterocycles. The highest BCUT2D eigenvalue weighted by Crippen LogP contribution is 2.24. The topological polar surface area (TPSA) is 96.6 Å². The van der Waals surface area contributed by atoms with Gasteiger partial charge in [0.15, 0.2) is 0 Å². The molecule has 0 spiro atoms. The van der Waals surface area contributed by atoms with Crippen LogP contribution in [0.3, 0.4) is 0 Å². The summed E-state index contributed by atoms with van der Waals surface area (Å²) in [4.78, 5) is 33.9. The van der Waals surface area contributed by atoms with Gasteiger partial charge in [-0.1, -0.05) is 18.2 Å². The Balaban J connectivity index is 2.59. The number of fused-ring (bicyclic) bond motifs is 1. The summed E-state index contributed by atoms with van der Waals surface area (Å²) in [5.74, 6) is -2.85. The van der Waals surface area contributed by atoms with Gasteiger partial charge in [0.1, 0.15) is 5.69 Å². The first-order valence-electron chi connectivity index (χ1n) is 6.01. The van der Waals surface area contributed by atoms with Gasteiger partial charge in [-0.15, -0.1) is 0 Å². The largest absolute Gasteiger partial charge is 0.481 e. The average molecular weight is 275 g/mol. The Bertz CT molecular complexity index is 714. The first-order chi connectivity index (χ1) is 9.41. The molecular weight excluding hydrogens is 262 g/mol. The van der Waals surface area contributed by atoms with Crippen molar-refractivity contribution in [3.63, 3.8) is 0 Å². The quantitative estimate of drug-likeness (QED) is 0.891. The monoisotopic (exact) mass is 275 g/mol. The molecule has 1 aromatic heterocycles. The summed E-state index contributed by atoms with van der Waals surface area (Å²) in [7, 11) is 0. The van der Waals surface area contributed by atoms with Gasteiger partial charge in [-0.05, 0) is 18.6 Å². The molecule has 6 nitrogen and oxygen atoms in total. The Hall–Kier alpha value is -2.63. The van der Waals surface area contributed by atoms with E-state index in [4.69, 9.17) is 5.11 Å². The molecule has 2 N–H and O–H groups in total. The van der Waals surface area contributed by atoms with Gasteiger partial charge in [-0.25, -0.2) is 4.79 Å². The number of benzene rings is 1. The molecule has 0 aliphatic rings. The van der Waals surface area contributed by atoms with Crippen LogP contribution in [0.25, 0.3) is 10.9 Å². The Kier molecular flexibility index (Phi) is 3.56. The van der Waals surface area contributed by atoms with Gasteiger partial charge in [-0.2, -0.15) is 0 Å². The van der Waals surface area contributed by atoms with Crippen molar-refractivity contribution in [2.45, 2.75) is 19.8 Å². The van der Waals surface area contributed by atoms with Crippen LogP contribution in [0.5, 0.6) is 0 Å². The van der Waals surface area contributed by atoms with Crippen molar-refractivity contribution in [1.82, 2.24) is 4.57 Å². The van der Waals surface area contributed by atoms with E-state index in [1.54, 1.807) is 25.1 Å². The minimum atomic E-state index is -1.22. The standard InChI is InChI=1S/C14H13NO5/c1-8-3-2-4-9-7-10(14(19)20)15(13(8)9)11(16)5-6-12(17)18/h2-4,7H,5-6H2,1H3,(H,17,18)(H,19,20). The van der Waals surface area contributed by atoms with Gasteiger partial charge in [0.25, 0.3) is 0 Å². The SMILES string of the molecule is Cc1cccc2cc(C(=O)O)n(C(=O)CCC(=O)O)c12. The van der Waals surface area contributed by atoms with Crippen molar-refractivity contribution in [2.75, 3.05) is 0 Å². The van der Waals surface area contributed by atoms with E-state index >= 15 is 0 Å². The summed E-state index contributed by atoms with van der Waals surface area (Å²) >= 11 is 0. The molecule has 0 bridgehead atoms. The highest BCUT2D eigenvalue weighted by atomic mass is 16.4. The molecule has 0 aliphatic carbocycles. The van der Waals surface area contributed by atoms with E-state index in [9.17, 15) is 19.5 Å². The smallest absolute Gasteiger partial charge is 0.352 e. The molecule has 1 heterocycles. The van der Waals surface area contributed by atoms with E-state index in [-0.39, 0.29) is 18.5 Å². The Labute approximate surface area is 114 Å². The number of aryl methyl sites for hydroxylation is 1. The number of rotatable bonds is 4. The van der Waals surface area contributed by atoms with Crippen molar-refractivity contribution in [3.05, 3.63) is 35.5 Å². The molecule has 104 valence electrons. The lowest BCUT2D eigenvalue weighted by Crippen LogP contribution is -2.18. The minimum absolute atomic E-state index is 0.148. The number of aromatic nitrogens is 1. The summed E-state index contributed by atoms with van der Waals surface area (Å²) in [5.41, 5.74) is 1.13. The molecule has 2 rings (SSSR count). The molecule has 0 atom stereocenters. The molecule has 2 aromatic rings. The van der Waals surface area contributed by atoms with E-state index in [0.717, 1.165) is 10.1 Å². The van der Waals surface area contributed by atoms with Crippen molar-refractivity contribution < 1.29 is 24.6 Å². The molecular formula is C14H13NO5. The van der Waals surface area contributed by atoms with Gasteiger partial charge >= 0.3 is 11.9 Å². The summed E-state index contributed by atoms with van der Waals surface area (Å²) < 4.78 is 1.09. The number of carbonyl (C=O) groups excluding carboxylic acids is 1. The van der Waals surface area contributed by atoms with Crippen LogP contribution in [0.4, 0.5) is 0 Å². The third-order valence-corrected chi connectivity index (χ3v) is 3.05. The first-order valence-corrected chi connectivity index (χ1v) is 6.01. The maximum absolute atomic E-state index is 12.1. The lowest BCUT2D eigenvalue weighted by Gasteiger charge is -2.07. The lowest BCUT2D eigenvalue weighted by atomic mass is 10.1. The highest BCUT2D eigenvalue weighted by Gasteiger charge is 2.21. The highest BCUT2D eigenvalue weighted by molar-refractivity contribution is 6.03. The molecule has 0 fully saturated rings. The van der Waals surface area contributed by atoms with Gasteiger partial charge < -0.3 is 10.2 Å². The van der Waals surface area contributed by atoms with Gasteiger partial charge in [-0.3, -0.25) is 14.2 Å². The van der Waals surface area contributed by atoms with Crippen LogP contribution >= 0.6 is 0 Å². The van der Waals surface area contributed by atoms with Crippen LogP contribution < -0.4 is 0 Å². The fraction of sp³-hybridized carbons (Fsp3) is 0.214. The number of carboxylic acid groups (broad SMARTS) is 2. The second kappa shape index (κ2) is 5.16. The summed E-state index contributed by atoms with van der Waals surface area (Å²) in [6.45, 7) is 1.77. The van der Waals surface area contributed by atoms with Gasteiger partial charge in [0, 0.05) is 11.8 Å². The Morgan fingerprint density at radius 2 is 1.85 bits per heavy atom. The molecule has 0 saturated carbocycles. The van der Waals surface area contributed by atoms with Gasteiger partial charge in [0.05, 0.1) is 11.9 Å². The second-order valence-electron chi connectivity index (χ2n) is 4.47. The third kappa shape index (κ3) is 2.40. The number of aromatic carboxylic acids is 1. The van der Waals surface area contributed by atoms with E-state index < -0.39 is 17.8 Å². The predicted octanol–water partition coefficient (Wildman–Crippen LogP) is 2.15. The van der Waals surface area contributed by atoms with Crippen molar-refractivity contribution in [1.29, 1.82) is 0 Å². The van der Waals surface area contributed by atoms with Gasteiger partial charge in [0.2, 0.25) is 5.91 Å². The third-order valence-electron chi connectivity index (χ3n) is 3.05. The van der Waals surface area contributed by atoms with E-state index in [1.807, 2.05) is 0 Å². The average Bonchev–Trinajstić information content (AvgIpc) is 2.77. The number of para-hydroxylation sites is 1. The number of carbonyl (C=O) groups is 3. The van der Waals surface area contributed by atoms with Crippen LogP contribution in [-0.4, -0.2) is 32.6 Å². The van der Waals surface area contributed by atoms with Crippen LogP contribution in [0.1, 0.15) is 33.7 Å². The molecule has 20 heavy (non-hydrogen) atoms. The van der Waals surface area contributed by atoms with E-state index in [2.05, 4.69) is 0 Å². The van der Waals surface area contributed by atoms with Crippen molar-refractivity contribution in [2.24, 2.45) is 0 Å². The van der Waals surface area contributed by atoms with Crippen molar-refractivity contribution >= 4 is 28.7 Å². The van der Waals surface area contributed by atoms with Crippen LogP contribution in [-0.2, 0) is 4.79 Å². The molecule has 6 heteroatoms. The number of aliphatic carboxylic acids is 1. The zero-order chi connectivity index (χ0) is 14.9. The molecule has 0 unspecified atom stereocenters. The lowest BCUT2D eigenvalue weighted by molar-refractivity contribution is -0.137. The molecule has 0 radical (unpaired) electrons. The fourth-order valence-electron chi connectivity index (χ4n) is 2.18. The van der Waals surface area contributed by atoms with Crippen LogP contribution in [0, 0.1) is 6.92 Å². The number of hydrogen-bond donors (Lipinski definition) is 2. The zero-order valence-electron chi connectivity index (χ0n) is 10.8. The first kappa shape index (κ1) is 13.8. The fourth-order valence-corrected chi connectivity index (χ4v) is 2.18. The Morgan fingerprint density at radius 3 is 2.45 bits per heavy atom. The predicted molar refractivity (Wildman–Crippen MR) is 71.1 cm³/mol. The minimum Gasteiger partial charge on any atom is -0.481 e. The Morgan fingerprint density at radius 1 is 1.15 bits per heavy atom. The second-order valence-corrected chi connectivity index (χ2v) is 4.47. The van der Waals surface area contributed by atoms with Crippen molar-refractivity contribution in [3.8, 4) is 0 Å². The number of carboxylic acids is 2.